The molecule has 5 nitrogen and oxygen atoms in total. The second kappa shape index (κ2) is 5.72. The minimum absolute atomic E-state index is 0.212. The first-order chi connectivity index (χ1) is 9.74. The van der Waals surface area contributed by atoms with Crippen LogP contribution in [0.5, 0.6) is 0 Å². The van der Waals surface area contributed by atoms with Crippen LogP contribution in [0, 0.1) is 0 Å². The van der Waals surface area contributed by atoms with E-state index in [-0.39, 0.29) is 6.04 Å². The molecule has 2 aromatic heterocycles. The summed E-state index contributed by atoms with van der Waals surface area (Å²) in [5.74, 6) is 0. The van der Waals surface area contributed by atoms with E-state index in [1.54, 1.807) is 22.3 Å². The number of para-hydroxylation sites is 2. The first-order valence-corrected chi connectivity index (χ1v) is 7.69. The highest BCUT2D eigenvalue weighted by atomic mass is 79.9. The first-order valence-electron chi connectivity index (χ1n) is 6.08. The third-order valence-electron chi connectivity index (χ3n) is 2.89. The van der Waals surface area contributed by atoms with Gasteiger partial charge < -0.3 is 5.32 Å². The molecular weight excluding hydrogens is 338 g/mol. The van der Waals surface area contributed by atoms with Gasteiger partial charge in [-0.25, -0.2) is 0 Å². The number of hydrogen-bond donors (Lipinski definition) is 1. The Bertz CT molecular complexity index is 694. The van der Waals surface area contributed by atoms with Crippen molar-refractivity contribution in [3.8, 4) is 5.69 Å². The van der Waals surface area contributed by atoms with E-state index in [1.165, 1.54) is 4.88 Å². The lowest BCUT2D eigenvalue weighted by Gasteiger charge is -2.16. The van der Waals surface area contributed by atoms with Gasteiger partial charge in [0.2, 0.25) is 0 Å². The second-order valence-corrected chi connectivity index (χ2v) is 6.77. The van der Waals surface area contributed by atoms with Crippen molar-refractivity contribution in [3.05, 3.63) is 51.4 Å². The number of rotatable bonds is 4. The molecular formula is C13H12BrN5S. The van der Waals surface area contributed by atoms with Gasteiger partial charge in [0.1, 0.15) is 6.33 Å². The smallest absolute Gasteiger partial charge is 0.143 e. The number of aromatic nitrogens is 4. The van der Waals surface area contributed by atoms with Gasteiger partial charge in [-0.15, -0.1) is 16.4 Å². The van der Waals surface area contributed by atoms with E-state index in [0.717, 1.165) is 15.2 Å². The van der Waals surface area contributed by atoms with E-state index in [1.807, 2.05) is 24.3 Å². The predicted octanol–water partition coefficient (Wildman–Crippen LogP) is 3.66. The number of nitrogens with zero attached hydrogens (tertiary/aromatic N) is 4. The Morgan fingerprint density at radius 2 is 2.10 bits per heavy atom. The van der Waals surface area contributed by atoms with Crippen LogP contribution in [0.15, 0.2) is 46.5 Å². The van der Waals surface area contributed by atoms with Gasteiger partial charge in [-0.05, 0) is 57.5 Å². The van der Waals surface area contributed by atoms with Gasteiger partial charge in [-0.3, -0.25) is 0 Å². The van der Waals surface area contributed by atoms with E-state index >= 15 is 0 Å². The third kappa shape index (κ3) is 2.73. The maximum absolute atomic E-state index is 3.94. The zero-order valence-corrected chi connectivity index (χ0v) is 13.1. The Morgan fingerprint density at radius 3 is 2.80 bits per heavy atom. The van der Waals surface area contributed by atoms with Gasteiger partial charge in [-0.2, -0.15) is 4.68 Å². The van der Waals surface area contributed by atoms with Crippen LogP contribution in [-0.2, 0) is 0 Å². The summed E-state index contributed by atoms with van der Waals surface area (Å²) in [7, 11) is 0. The molecule has 102 valence electrons. The lowest BCUT2D eigenvalue weighted by atomic mass is 10.2. The highest BCUT2D eigenvalue weighted by molar-refractivity contribution is 9.11. The summed E-state index contributed by atoms with van der Waals surface area (Å²) in [5.41, 5.74) is 1.93. The van der Waals surface area contributed by atoms with Crippen LogP contribution < -0.4 is 5.32 Å². The predicted molar refractivity (Wildman–Crippen MR) is 83.2 cm³/mol. The molecule has 3 rings (SSSR count). The SMILES string of the molecule is CC(Nc1ccccc1-n1cnnn1)c1ccc(Br)s1. The van der Waals surface area contributed by atoms with E-state index in [4.69, 9.17) is 0 Å². The largest absolute Gasteiger partial charge is 0.376 e. The van der Waals surface area contributed by atoms with Crippen molar-refractivity contribution in [2.75, 3.05) is 5.32 Å². The number of tetrazole rings is 1. The van der Waals surface area contributed by atoms with Gasteiger partial charge in [0.15, 0.2) is 0 Å². The molecule has 0 radical (unpaired) electrons. The normalized spacial score (nSPS) is 12.3. The quantitative estimate of drug-likeness (QED) is 0.780. The van der Waals surface area contributed by atoms with E-state index in [2.05, 4.69) is 55.8 Å². The van der Waals surface area contributed by atoms with Gasteiger partial charge >= 0.3 is 0 Å². The summed E-state index contributed by atoms with van der Waals surface area (Å²) in [6.07, 6.45) is 1.59. The Hall–Kier alpha value is -1.73. The van der Waals surface area contributed by atoms with Crippen LogP contribution in [0.4, 0.5) is 5.69 Å². The summed E-state index contributed by atoms with van der Waals surface area (Å²) in [5, 5.41) is 14.8. The number of thiophene rings is 1. The van der Waals surface area contributed by atoms with Crippen molar-refractivity contribution in [3.63, 3.8) is 0 Å². The average molecular weight is 350 g/mol. The summed E-state index contributed by atoms with van der Waals surface area (Å²) < 4.78 is 2.79. The molecule has 3 aromatic rings. The zero-order valence-electron chi connectivity index (χ0n) is 10.7. The maximum Gasteiger partial charge on any atom is 0.143 e. The molecule has 0 aliphatic carbocycles. The van der Waals surface area contributed by atoms with Crippen LogP contribution in [-0.4, -0.2) is 20.2 Å². The lowest BCUT2D eigenvalue weighted by molar-refractivity contribution is 0.786. The fourth-order valence-electron chi connectivity index (χ4n) is 1.93. The fourth-order valence-corrected chi connectivity index (χ4v) is 3.36. The topological polar surface area (TPSA) is 55.6 Å². The van der Waals surface area contributed by atoms with Crippen molar-refractivity contribution in [1.82, 2.24) is 20.2 Å². The highest BCUT2D eigenvalue weighted by Gasteiger charge is 2.11. The molecule has 1 unspecified atom stereocenters. The molecule has 1 atom stereocenters. The maximum atomic E-state index is 3.94. The summed E-state index contributed by atoms with van der Waals surface area (Å²) in [6.45, 7) is 2.13. The third-order valence-corrected chi connectivity index (χ3v) is 4.70. The van der Waals surface area contributed by atoms with E-state index in [0.29, 0.717) is 0 Å². The van der Waals surface area contributed by atoms with Crippen LogP contribution in [0.1, 0.15) is 17.8 Å². The number of benzene rings is 1. The average Bonchev–Trinajstić information content (AvgIpc) is 3.10. The molecule has 0 bridgehead atoms. The van der Waals surface area contributed by atoms with E-state index < -0.39 is 0 Å². The van der Waals surface area contributed by atoms with Gasteiger partial charge in [0, 0.05) is 4.88 Å². The monoisotopic (exact) mass is 349 g/mol. The second-order valence-electron chi connectivity index (χ2n) is 4.28. The Kier molecular flexibility index (Phi) is 3.79. The highest BCUT2D eigenvalue weighted by Crippen LogP contribution is 2.30. The fraction of sp³-hybridized carbons (Fsp3) is 0.154. The Balaban J connectivity index is 1.88. The van der Waals surface area contributed by atoms with Crippen LogP contribution >= 0.6 is 27.3 Å². The number of halogens is 1. The van der Waals surface area contributed by atoms with Crippen LogP contribution in [0.3, 0.4) is 0 Å². The molecule has 1 N–H and O–H groups in total. The molecule has 0 aliphatic heterocycles. The standard InChI is InChI=1S/C13H12BrN5S/c1-9(12-6-7-13(14)20-12)16-10-4-2-3-5-11(10)19-8-15-17-18-19/h2-9,16H,1H3. The molecule has 7 heteroatoms. The summed E-state index contributed by atoms with van der Waals surface area (Å²) in [6, 6.07) is 12.4. The zero-order chi connectivity index (χ0) is 13.9. The van der Waals surface area contributed by atoms with E-state index in [9.17, 15) is 0 Å². The van der Waals surface area contributed by atoms with Crippen molar-refractivity contribution in [2.45, 2.75) is 13.0 Å². The minimum atomic E-state index is 0.212. The Morgan fingerprint density at radius 1 is 1.25 bits per heavy atom. The van der Waals surface area contributed by atoms with Crippen molar-refractivity contribution in [1.29, 1.82) is 0 Å². The minimum Gasteiger partial charge on any atom is -0.376 e. The number of hydrogen-bond acceptors (Lipinski definition) is 5. The van der Waals surface area contributed by atoms with Crippen LogP contribution in [0.2, 0.25) is 0 Å². The molecule has 1 aromatic carbocycles. The summed E-state index contributed by atoms with van der Waals surface area (Å²) >= 11 is 5.22. The number of anilines is 1. The van der Waals surface area contributed by atoms with Crippen LogP contribution in [0.25, 0.3) is 5.69 Å². The van der Waals surface area contributed by atoms with Crippen molar-refractivity contribution >= 4 is 33.0 Å². The molecule has 0 fully saturated rings. The molecule has 0 amide bonds. The van der Waals surface area contributed by atoms with Gasteiger partial charge in [0.25, 0.3) is 0 Å². The number of nitrogens with one attached hydrogen (secondary N) is 1. The van der Waals surface area contributed by atoms with Crippen molar-refractivity contribution < 1.29 is 0 Å². The molecule has 20 heavy (non-hydrogen) atoms. The molecule has 0 saturated carbocycles. The molecule has 0 aliphatic rings. The van der Waals surface area contributed by atoms with Crippen molar-refractivity contribution in [2.24, 2.45) is 0 Å². The Labute approximate surface area is 128 Å². The van der Waals surface area contributed by atoms with Gasteiger partial charge in [-0.1, -0.05) is 12.1 Å². The first kappa shape index (κ1) is 13.3. The molecule has 0 saturated heterocycles. The molecule has 2 heterocycles. The van der Waals surface area contributed by atoms with Gasteiger partial charge in [0.05, 0.1) is 21.2 Å². The molecule has 0 spiro atoms. The lowest BCUT2D eigenvalue weighted by Crippen LogP contribution is -2.08. The summed E-state index contributed by atoms with van der Waals surface area (Å²) in [4.78, 5) is 1.27.